The van der Waals surface area contributed by atoms with E-state index in [9.17, 15) is 4.79 Å². The molecule has 0 aromatic heterocycles. The average molecular weight is 284 g/mol. The first-order chi connectivity index (χ1) is 9.16. The predicted octanol–water partition coefficient (Wildman–Crippen LogP) is 2.90. The molecule has 1 saturated heterocycles. The van der Waals surface area contributed by atoms with E-state index in [-0.39, 0.29) is 10.6 Å². The summed E-state index contributed by atoms with van der Waals surface area (Å²) in [5.74, 6) is -0.481. The molecule has 2 rings (SSSR count). The normalized spacial score (nSPS) is 16.3. The van der Waals surface area contributed by atoms with Gasteiger partial charge in [0, 0.05) is 6.54 Å². The third-order valence-corrected chi connectivity index (χ3v) is 3.62. The smallest absolute Gasteiger partial charge is 0.337 e. The number of piperidine rings is 1. The van der Waals surface area contributed by atoms with Crippen molar-refractivity contribution < 1.29 is 14.6 Å². The first kappa shape index (κ1) is 14.2. The topological polar surface area (TPSA) is 49.8 Å². The van der Waals surface area contributed by atoms with Gasteiger partial charge in [-0.3, -0.25) is 4.90 Å². The molecule has 0 amide bonds. The summed E-state index contributed by atoms with van der Waals surface area (Å²) in [5.41, 5.74) is 0.0807. The van der Waals surface area contributed by atoms with Gasteiger partial charge in [0.1, 0.15) is 12.4 Å². The fraction of sp³-hybridized carbons (Fsp3) is 0.500. The van der Waals surface area contributed by atoms with Crippen molar-refractivity contribution in [2.45, 2.75) is 19.3 Å². The second-order valence-corrected chi connectivity index (χ2v) is 5.10. The minimum Gasteiger partial charge on any atom is -0.492 e. The van der Waals surface area contributed by atoms with Crippen LogP contribution in [-0.4, -0.2) is 42.2 Å². The van der Waals surface area contributed by atoms with Crippen LogP contribution < -0.4 is 4.74 Å². The lowest BCUT2D eigenvalue weighted by molar-refractivity contribution is 0.0696. The fourth-order valence-corrected chi connectivity index (χ4v) is 2.43. The van der Waals surface area contributed by atoms with E-state index in [1.165, 1.54) is 25.3 Å². The van der Waals surface area contributed by atoms with E-state index in [0.29, 0.717) is 12.4 Å². The van der Waals surface area contributed by atoms with Gasteiger partial charge in [-0.05, 0) is 44.1 Å². The Kier molecular flexibility index (Phi) is 5.05. The number of aromatic carboxylic acids is 1. The first-order valence-corrected chi connectivity index (χ1v) is 6.92. The van der Waals surface area contributed by atoms with Crippen LogP contribution in [-0.2, 0) is 0 Å². The molecule has 19 heavy (non-hydrogen) atoms. The molecule has 0 radical (unpaired) electrons. The first-order valence-electron chi connectivity index (χ1n) is 6.55. The summed E-state index contributed by atoms with van der Waals surface area (Å²) in [7, 11) is 0. The summed E-state index contributed by atoms with van der Waals surface area (Å²) in [5, 5.41) is 9.20. The third-order valence-electron chi connectivity index (χ3n) is 3.29. The number of carboxylic acid groups (broad SMARTS) is 1. The lowest BCUT2D eigenvalue weighted by atomic mass is 10.1. The van der Waals surface area contributed by atoms with Crippen molar-refractivity contribution >= 4 is 17.6 Å². The molecule has 4 nitrogen and oxygen atoms in total. The minimum absolute atomic E-state index is 0.0807. The van der Waals surface area contributed by atoms with E-state index in [4.69, 9.17) is 21.4 Å². The van der Waals surface area contributed by atoms with Crippen LogP contribution in [0.2, 0.25) is 5.02 Å². The molecule has 1 aliphatic rings. The maximum absolute atomic E-state index is 10.9. The van der Waals surface area contributed by atoms with Crippen LogP contribution >= 0.6 is 11.6 Å². The number of benzene rings is 1. The van der Waals surface area contributed by atoms with Gasteiger partial charge in [0.25, 0.3) is 0 Å². The zero-order valence-corrected chi connectivity index (χ0v) is 11.5. The highest BCUT2D eigenvalue weighted by Gasteiger charge is 2.11. The van der Waals surface area contributed by atoms with Crippen LogP contribution in [0, 0.1) is 0 Å². The molecule has 0 saturated carbocycles. The predicted molar refractivity (Wildman–Crippen MR) is 74.2 cm³/mol. The van der Waals surface area contributed by atoms with Gasteiger partial charge in [-0.25, -0.2) is 4.79 Å². The van der Waals surface area contributed by atoms with Crippen molar-refractivity contribution in [3.63, 3.8) is 0 Å². The Morgan fingerprint density at radius 1 is 1.32 bits per heavy atom. The Morgan fingerprint density at radius 2 is 2.05 bits per heavy atom. The summed E-state index contributed by atoms with van der Waals surface area (Å²) in [6, 6.07) is 4.73. The van der Waals surface area contributed by atoms with E-state index in [2.05, 4.69) is 4.90 Å². The molecular formula is C14H18ClNO3. The van der Waals surface area contributed by atoms with E-state index < -0.39 is 5.97 Å². The van der Waals surface area contributed by atoms with Crippen molar-refractivity contribution in [3.05, 3.63) is 28.8 Å². The number of carbonyl (C=O) groups is 1. The number of ether oxygens (including phenoxy) is 1. The van der Waals surface area contributed by atoms with Crippen LogP contribution in [0.1, 0.15) is 29.6 Å². The summed E-state index contributed by atoms with van der Waals surface area (Å²) in [4.78, 5) is 13.3. The highest BCUT2D eigenvalue weighted by Crippen LogP contribution is 2.22. The highest BCUT2D eigenvalue weighted by atomic mass is 35.5. The number of hydrogen-bond acceptors (Lipinski definition) is 3. The Morgan fingerprint density at radius 3 is 2.74 bits per heavy atom. The molecule has 1 aliphatic heterocycles. The molecule has 1 fully saturated rings. The number of hydrogen-bond donors (Lipinski definition) is 1. The van der Waals surface area contributed by atoms with E-state index in [0.717, 1.165) is 19.6 Å². The van der Waals surface area contributed by atoms with Crippen molar-refractivity contribution in [2.24, 2.45) is 0 Å². The van der Waals surface area contributed by atoms with E-state index >= 15 is 0 Å². The molecule has 5 heteroatoms. The Labute approximate surface area is 117 Å². The van der Waals surface area contributed by atoms with Crippen LogP contribution in [0.4, 0.5) is 0 Å². The standard InChI is InChI=1S/C14H18ClNO3/c15-13-5-4-11(10-12(13)14(17)18)19-9-8-16-6-2-1-3-7-16/h4-5,10H,1-3,6-9H2,(H,17,18). The quantitative estimate of drug-likeness (QED) is 0.903. The highest BCUT2D eigenvalue weighted by molar-refractivity contribution is 6.33. The fourth-order valence-electron chi connectivity index (χ4n) is 2.23. The summed E-state index contributed by atoms with van der Waals surface area (Å²) >= 11 is 5.80. The van der Waals surface area contributed by atoms with Crippen molar-refractivity contribution in [1.29, 1.82) is 0 Å². The molecule has 0 atom stereocenters. The molecule has 1 N–H and O–H groups in total. The van der Waals surface area contributed by atoms with Gasteiger partial charge in [0.2, 0.25) is 0 Å². The lowest BCUT2D eigenvalue weighted by Crippen LogP contribution is -2.33. The molecule has 0 spiro atoms. The monoisotopic (exact) mass is 283 g/mol. The van der Waals surface area contributed by atoms with Gasteiger partial charge in [0.05, 0.1) is 10.6 Å². The molecule has 0 bridgehead atoms. The Hall–Kier alpha value is -1.26. The third kappa shape index (κ3) is 4.11. The molecule has 0 aliphatic carbocycles. The number of carboxylic acids is 1. The summed E-state index contributed by atoms with van der Waals surface area (Å²) in [6.45, 7) is 3.71. The number of nitrogens with zero attached hydrogens (tertiary/aromatic N) is 1. The van der Waals surface area contributed by atoms with Gasteiger partial charge < -0.3 is 9.84 Å². The lowest BCUT2D eigenvalue weighted by Gasteiger charge is -2.26. The minimum atomic E-state index is -1.04. The van der Waals surface area contributed by atoms with Crippen molar-refractivity contribution in [2.75, 3.05) is 26.2 Å². The van der Waals surface area contributed by atoms with Gasteiger partial charge >= 0.3 is 5.97 Å². The number of rotatable bonds is 5. The van der Waals surface area contributed by atoms with E-state index in [1.807, 2.05) is 0 Å². The Bertz CT molecular complexity index is 444. The maximum atomic E-state index is 10.9. The number of halogens is 1. The molecule has 1 aromatic carbocycles. The van der Waals surface area contributed by atoms with Crippen molar-refractivity contribution in [3.8, 4) is 5.75 Å². The number of likely N-dealkylation sites (tertiary alicyclic amines) is 1. The van der Waals surface area contributed by atoms with Gasteiger partial charge in [0.15, 0.2) is 0 Å². The van der Waals surface area contributed by atoms with Crippen LogP contribution in [0.25, 0.3) is 0 Å². The zero-order chi connectivity index (χ0) is 13.7. The largest absolute Gasteiger partial charge is 0.492 e. The molecule has 0 unspecified atom stereocenters. The van der Waals surface area contributed by atoms with Crippen LogP contribution in [0.15, 0.2) is 18.2 Å². The van der Waals surface area contributed by atoms with Gasteiger partial charge in [-0.15, -0.1) is 0 Å². The van der Waals surface area contributed by atoms with Crippen LogP contribution in [0.3, 0.4) is 0 Å². The second kappa shape index (κ2) is 6.78. The maximum Gasteiger partial charge on any atom is 0.337 e. The summed E-state index contributed by atoms with van der Waals surface area (Å²) in [6.07, 6.45) is 3.82. The van der Waals surface area contributed by atoms with Gasteiger partial charge in [-0.2, -0.15) is 0 Å². The molecular weight excluding hydrogens is 266 g/mol. The average Bonchev–Trinajstić information content (AvgIpc) is 2.41. The molecule has 1 aromatic rings. The molecule has 104 valence electrons. The SMILES string of the molecule is O=C(O)c1cc(OCCN2CCCCC2)ccc1Cl. The zero-order valence-electron chi connectivity index (χ0n) is 10.8. The Balaban J connectivity index is 1.85. The second-order valence-electron chi connectivity index (χ2n) is 4.70. The summed E-state index contributed by atoms with van der Waals surface area (Å²) < 4.78 is 5.59. The van der Waals surface area contributed by atoms with Gasteiger partial charge in [-0.1, -0.05) is 18.0 Å². The van der Waals surface area contributed by atoms with Crippen LogP contribution in [0.5, 0.6) is 5.75 Å². The van der Waals surface area contributed by atoms with Crippen molar-refractivity contribution in [1.82, 2.24) is 4.90 Å². The molecule has 1 heterocycles. The van der Waals surface area contributed by atoms with E-state index in [1.54, 1.807) is 12.1 Å².